The Hall–Kier alpha value is -1.47. The van der Waals surface area contributed by atoms with Crippen LogP contribution in [0.25, 0.3) is 0 Å². The van der Waals surface area contributed by atoms with E-state index >= 15 is 0 Å². The number of halogens is 1. The first-order valence-electron chi connectivity index (χ1n) is 6.56. The number of alkyl halides is 1. The molecule has 1 atom stereocenters. The van der Waals surface area contributed by atoms with Crippen molar-refractivity contribution in [3.63, 3.8) is 0 Å². The van der Waals surface area contributed by atoms with Gasteiger partial charge < -0.3 is 4.74 Å². The smallest absolute Gasteiger partial charge is 0.126 e. The summed E-state index contributed by atoms with van der Waals surface area (Å²) in [6, 6.07) is 16.5. The van der Waals surface area contributed by atoms with E-state index in [1.165, 1.54) is 5.56 Å². The first-order valence-corrected chi connectivity index (χ1v) is 7.09. The molecule has 1 nitrogen and oxygen atoms in total. The molecule has 0 fully saturated rings. The quantitative estimate of drug-likeness (QED) is 0.693. The van der Waals surface area contributed by atoms with Gasteiger partial charge in [-0.2, -0.15) is 0 Å². The van der Waals surface area contributed by atoms with Crippen molar-refractivity contribution < 1.29 is 4.74 Å². The Morgan fingerprint density at radius 2 is 1.58 bits per heavy atom. The van der Waals surface area contributed by atoms with Gasteiger partial charge in [0.05, 0.1) is 0 Å². The van der Waals surface area contributed by atoms with Gasteiger partial charge in [0.15, 0.2) is 0 Å². The molecular weight excluding hydrogens is 256 g/mol. The van der Waals surface area contributed by atoms with Gasteiger partial charge in [0.1, 0.15) is 11.9 Å². The van der Waals surface area contributed by atoms with E-state index in [9.17, 15) is 0 Å². The molecule has 2 aromatic carbocycles. The molecule has 2 heteroatoms. The zero-order valence-electron chi connectivity index (χ0n) is 11.4. The van der Waals surface area contributed by atoms with E-state index in [1.807, 2.05) is 18.2 Å². The van der Waals surface area contributed by atoms with Crippen LogP contribution in [0.2, 0.25) is 0 Å². The van der Waals surface area contributed by atoms with Gasteiger partial charge >= 0.3 is 0 Å². The minimum Gasteiger partial charge on any atom is -0.485 e. The lowest BCUT2D eigenvalue weighted by Crippen LogP contribution is -2.10. The molecule has 0 aliphatic carbocycles. The van der Waals surface area contributed by atoms with Crippen LogP contribution in [0.15, 0.2) is 48.5 Å². The lowest BCUT2D eigenvalue weighted by atomic mass is 10.1. The lowest BCUT2D eigenvalue weighted by Gasteiger charge is -2.21. The molecule has 0 saturated heterocycles. The largest absolute Gasteiger partial charge is 0.485 e. The summed E-state index contributed by atoms with van der Waals surface area (Å²) in [7, 11) is 0. The summed E-state index contributed by atoms with van der Waals surface area (Å²) >= 11 is 5.91. The van der Waals surface area contributed by atoms with Crippen molar-refractivity contribution in [2.24, 2.45) is 0 Å². The number of ether oxygens (including phenoxy) is 1. The molecule has 100 valence electrons. The molecule has 2 aromatic rings. The highest BCUT2D eigenvalue weighted by Gasteiger charge is 2.15. The highest BCUT2D eigenvalue weighted by molar-refractivity contribution is 6.17. The van der Waals surface area contributed by atoms with Crippen molar-refractivity contribution in [2.45, 2.75) is 26.4 Å². The molecule has 0 radical (unpaired) electrons. The number of hydrogen-bond donors (Lipinski definition) is 0. The number of para-hydroxylation sites is 1. The SMILES string of the molecule is Cc1cccc(C)c1OC(CCCl)c1ccccc1. The Kier molecular flexibility index (Phi) is 4.86. The topological polar surface area (TPSA) is 9.23 Å². The van der Waals surface area contributed by atoms with Crippen LogP contribution in [0.5, 0.6) is 5.75 Å². The van der Waals surface area contributed by atoms with Crippen molar-refractivity contribution in [3.05, 3.63) is 65.2 Å². The molecule has 0 aromatic heterocycles. The molecule has 0 aliphatic heterocycles. The minimum atomic E-state index is 0.0125. The van der Waals surface area contributed by atoms with Crippen molar-refractivity contribution in [1.29, 1.82) is 0 Å². The Bertz CT molecular complexity index is 502. The molecule has 0 amide bonds. The summed E-state index contributed by atoms with van der Waals surface area (Å²) in [5, 5.41) is 0. The van der Waals surface area contributed by atoms with Gasteiger partial charge in [-0.15, -0.1) is 11.6 Å². The zero-order valence-corrected chi connectivity index (χ0v) is 12.2. The number of benzene rings is 2. The fourth-order valence-corrected chi connectivity index (χ4v) is 2.39. The van der Waals surface area contributed by atoms with Crippen molar-refractivity contribution in [1.82, 2.24) is 0 Å². The normalized spacial score (nSPS) is 12.2. The average molecular weight is 275 g/mol. The standard InChI is InChI=1S/C17H19ClO/c1-13-7-6-8-14(2)17(13)19-16(11-12-18)15-9-4-3-5-10-15/h3-10,16H,11-12H2,1-2H3. The Labute approximate surface area is 120 Å². The van der Waals surface area contributed by atoms with Gasteiger partial charge in [0.2, 0.25) is 0 Å². The van der Waals surface area contributed by atoms with Crippen molar-refractivity contribution in [3.8, 4) is 5.75 Å². The number of aryl methyl sites for hydroxylation is 2. The molecule has 1 unspecified atom stereocenters. The molecule has 0 saturated carbocycles. The molecule has 19 heavy (non-hydrogen) atoms. The summed E-state index contributed by atoms with van der Waals surface area (Å²) in [5.41, 5.74) is 3.50. The van der Waals surface area contributed by atoms with E-state index in [0.29, 0.717) is 5.88 Å². The van der Waals surface area contributed by atoms with Crippen LogP contribution >= 0.6 is 11.6 Å². The average Bonchev–Trinajstić information content (AvgIpc) is 2.43. The molecule has 0 bridgehead atoms. The molecular formula is C17H19ClO. The van der Waals surface area contributed by atoms with Crippen LogP contribution in [0.3, 0.4) is 0 Å². The maximum atomic E-state index is 6.22. The van der Waals surface area contributed by atoms with Gasteiger partial charge in [-0.1, -0.05) is 48.5 Å². The van der Waals surface area contributed by atoms with E-state index in [4.69, 9.17) is 16.3 Å². The van der Waals surface area contributed by atoms with Gasteiger partial charge in [0.25, 0.3) is 0 Å². The van der Waals surface area contributed by atoms with E-state index in [0.717, 1.165) is 23.3 Å². The van der Waals surface area contributed by atoms with E-state index in [2.05, 4.69) is 44.2 Å². The van der Waals surface area contributed by atoms with Crippen LogP contribution in [0, 0.1) is 13.8 Å². The highest BCUT2D eigenvalue weighted by atomic mass is 35.5. The van der Waals surface area contributed by atoms with Gasteiger partial charge in [-0.3, -0.25) is 0 Å². The third-order valence-corrected chi connectivity index (χ3v) is 3.43. The Morgan fingerprint density at radius 3 is 2.16 bits per heavy atom. The molecule has 0 aliphatic rings. The second-order valence-electron chi connectivity index (χ2n) is 4.72. The maximum absolute atomic E-state index is 6.22. The van der Waals surface area contributed by atoms with E-state index < -0.39 is 0 Å². The molecule has 0 N–H and O–H groups in total. The molecule has 2 rings (SSSR count). The van der Waals surface area contributed by atoms with Crippen LogP contribution in [-0.2, 0) is 0 Å². The summed E-state index contributed by atoms with van der Waals surface area (Å²) in [5.74, 6) is 1.56. The van der Waals surface area contributed by atoms with E-state index in [-0.39, 0.29) is 6.10 Å². The maximum Gasteiger partial charge on any atom is 0.126 e. The highest BCUT2D eigenvalue weighted by Crippen LogP contribution is 2.30. The van der Waals surface area contributed by atoms with Crippen molar-refractivity contribution >= 4 is 11.6 Å². The van der Waals surface area contributed by atoms with Crippen LogP contribution in [-0.4, -0.2) is 5.88 Å². The first-order chi connectivity index (χ1) is 9.22. The first kappa shape index (κ1) is 14.0. The summed E-state index contributed by atoms with van der Waals surface area (Å²) in [6.45, 7) is 4.15. The Morgan fingerprint density at radius 1 is 0.947 bits per heavy atom. The zero-order chi connectivity index (χ0) is 13.7. The van der Waals surface area contributed by atoms with Crippen LogP contribution < -0.4 is 4.74 Å². The predicted molar refractivity (Wildman–Crippen MR) is 81.1 cm³/mol. The summed E-state index contributed by atoms with van der Waals surface area (Å²) < 4.78 is 6.22. The minimum absolute atomic E-state index is 0.0125. The molecule has 0 heterocycles. The number of rotatable bonds is 5. The lowest BCUT2D eigenvalue weighted by molar-refractivity contribution is 0.199. The third kappa shape index (κ3) is 3.51. The van der Waals surface area contributed by atoms with Crippen molar-refractivity contribution in [2.75, 3.05) is 5.88 Å². The molecule has 0 spiro atoms. The number of hydrogen-bond acceptors (Lipinski definition) is 1. The summed E-state index contributed by atoms with van der Waals surface area (Å²) in [4.78, 5) is 0. The second kappa shape index (κ2) is 6.63. The van der Waals surface area contributed by atoms with Crippen LogP contribution in [0.4, 0.5) is 0 Å². The summed E-state index contributed by atoms with van der Waals surface area (Å²) in [6.07, 6.45) is 0.817. The monoisotopic (exact) mass is 274 g/mol. The predicted octanol–water partition coefficient (Wildman–Crippen LogP) is 5.05. The third-order valence-electron chi connectivity index (χ3n) is 3.21. The van der Waals surface area contributed by atoms with Gasteiger partial charge in [-0.25, -0.2) is 0 Å². The fourth-order valence-electron chi connectivity index (χ4n) is 2.19. The van der Waals surface area contributed by atoms with Gasteiger partial charge in [0, 0.05) is 12.3 Å². The Balaban J connectivity index is 2.27. The van der Waals surface area contributed by atoms with E-state index in [1.54, 1.807) is 0 Å². The van der Waals surface area contributed by atoms with Gasteiger partial charge in [-0.05, 0) is 30.5 Å². The van der Waals surface area contributed by atoms with Crippen LogP contribution in [0.1, 0.15) is 29.2 Å². The fraction of sp³-hybridized carbons (Fsp3) is 0.294. The second-order valence-corrected chi connectivity index (χ2v) is 5.09.